The average Bonchev–Trinajstić information content (AvgIpc) is 2.85. The van der Waals surface area contributed by atoms with Gasteiger partial charge in [0.25, 0.3) is 0 Å². The molecule has 2 saturated heterocycles. The van der Waals surface area contributed by atoms with Crippen molar-refractivity contribution in [3.8, 4) is 6.07 Å². The SMILES string of the molecule is CN1CC[C@H]2[C@@H](CCCN2CCC(=O)Nc2sc3c(c2C#N)CCCCC3)C1. The molecule has 4 rings (SSSR count). The molecule has 3 aliphatic rings. The Bertz CT molecular complexity index is 752. The molecule has 1 aliphatic carbocycles. The van der Waals surface area contributed by atoms with Crippen LogP contribution in [0.4, 0.5) is 5.00 Å². The van der Waals surface area contributed by atoms with Crippen LogP contribution in [0.2, 0.25) is 0 Å². The lowest BCUT2D eigenvalue weighted by atomic mass is 9.84. The highest BCUT2D eigenvalue weighted by atomic mass is 32.1. The third-order valence-electron chi connectivity index (χ3n) is 6.80. The molecule has 3 heterocycles. The molecule has 0 spiro atoms. The second-order valence-corrected chi connectivity index (χ2v) is 9.84. The highest BCUT2D eigenvalue weighted by molar-refractivity contribution is 7.16. The fraction of sp³-hybridized carbons (Fsp3) is 0.727. The number of thiophene rings is 1. The van der Waals surface area contributed by atoms with Gasteiger partial charge in [0.2, 0.25) is 5.91 Å². The van der Waals surface area contributed by atoms with E-state index in [-0.39, 0.29) is 5.91 Å². The summed E-state index contributed by atoms with van der Waals surface area (Å²) < 4.78 is 0. The van der Waals surface area contributed by atoms with Crippen molar-refractivity contribution in [2.24, 2.45) is 5.92 Å². The van der Waals surface area contributed by atoms with Gasteiger partial charge in [-0.25, -0.2) is 0 Å². The summed E-state index contributed by atoms with van der Waals surface area (Å²) in [6.07, 6.45) is 9.92. The predicted molar refractivity (Wildman–Crippen MR) is 114 cm³/mol. The fourth-order valence-electron chi connectivity index (χ4n) is 5.35. The van der Waals surface area contributed by atoms with Crippen molar-refractivity contribution in [2.45, 2.75) is 63.8 Å². The van der Waals surface area contributed by atoms with E-state index in [9.17, 15) is 10.1 Å². The van der Waals surface area contributed by atoms with Crippen LogP contribution in [-0.4, -0.2) is 55.0 Å². The first-order valence-corrected chi connectivity index (χ1v) is 11.7. The molecule has 0 bridgehead atoms. The molecule has 2 aliphatic heterocycles. The molecule has 1 aromatic heterocycles. The number of carbonyl (C=O) groups excluding carboxylic acids is 1. The number of amides is 1. The standard InChI is InChI=1S/C22H32N4OS/c1-25-12-9-19-16(15-25)6-5-11-26(19)13-10-21(27)24-22-18(14-23)17-7-3-2-4-8-20(17)28-22/h16,19H,2-13,15H2,1H3,(H,24,27)/t16-,19-/m0/s1. The van der Waals surface area contributed by atoms with E-state index in [0.29, 0.717) is 12.5 Å². The summed E-state index contributed by atoms with van der Waals surface area (Å²) in [6.45, 7) is 4.31. The third-order valence-corrected chi connectivity index (χ3v) is 8.01. The van der Waals surface area contributed by atoms with Crippen LogP contribution < -0.4 is 5.32 Å². The summed E-state index contributed by atoms with van der Waals surface area (Å²) in [5, 5.41) is 13.5. The molecule has 1 aromatic rings. The van der Waals surface area contributed by atoms with Crippen LogP contribution in [0.25, 0.3) is 0 Å². The maximum atomic E-state index is 12.7. The minimum absolute atomic E-state index is 0.0583. The van der Waals surface area contributed by atoms with Gasteiger partial charge in [0.05, 0.1) is 5.56 Å². The Balaban J connectivity index is 1.35. The van der Waals surface area contributed by atoms with E-state index in [1.807, 2.05) is 0 Å². The zero-order chi connectivity index (χ0) is 19.5. The number of anilines is 1. The van der Waals surface area contributed by atoms with Gasteiger partial charge >= 0.3 is 0 Å². The Morgan fingerprint density at radius 3 is 2.93 bits per heavy atom. The number of aryl methyl sites for hydroxylation is 1. The van der Waals surface area contributed by atoms with Gasteiger partial charge in [0.15, 0.2) is 0 Å². The molecule has 28 heavy (non-hydrogen) atoms. The number of hydrogen-bond acceptors (Lipinski definition) is 5. The fourth-order valence-corrected chi connectivity index (χ4v) is 6.61. The topological polar surface area (TPSA) is 59.4 Å². The van der Waals surface area contributed by atoms with Crippen LogP contribution in [0.1, 0.15) is 60.9 Å². The first-order valence-electron chi connectivity index (χ1n) is 10.9. The molecule has 5 nitrogen and oxygen atoms in total. The summed E-state index contributed by atoms with van der Waals surface area (Å²) in [5.41, 5.74) is 1.93. The summed E-state index contributed by atoms with van der Waals surface area (Å²) in [7, 11) is 2.22. The van der Waals surface area contributed by atoms with Crippen molar-refractivity contribution in [3.05, 3.63) is 16.0 Å². The number of likely N-dealkylation sites (tertiary alicyclic amines) is 2. The molecule has 1 amide bonds. The maximum Gasteiger partial charge on any atom is 0.226 e. The van der Waals surface area contributed by atoms with Crippen molar-refractivity contribution < 1.29 is 4.79 Å². The summed E-state index contributed by atoms with van der Waals surface area (Å²) in [5.74, 6) is 0.816. The van der Waals surface area contributed by atoms with E-state index in [1.165, 1.54) is 49.1 Å². The van der Waals surface area contributed by atoms with Gasteiger partial charge in [0.1, 0.15) is 11.1 Å². The van der Waals surface area contributed by atoms with Crippen LogP contribution in [0.15, 0.2) is 0 Å². The molecule has 1 N–H and O–H groups in total. The Morgan fingerprint density at radius 1 is 1.21 bits per heavy atom. The predicted octanol–water partition coefficient (Wildman–Crippen LogP) is 3.63. The zero-order valence-corrected chi connectivity index (χ0v) is 17.8. The van der Waals surface area contributed by atoms with Crippen LogP contribution in [-0.2, 0) is 17.6 Å². The second kappa shape index (κ2) is 8.94. The number of rotatable bonds is 4. The first kappa shape index (κ1) is 19.9. The number of carbonyl (C=O) groups is 1. The van der Waals surface area contributed by atoms with Gasteiger partial charge in [-0.1, -0.05) is 6.42 Å². The number of fused-ring (bicyclic) bond motifs is 2. The van der Waals surface area contributed by atoms with Crippen molar-refractivity contribution in [1.29, 1.82) is 5.26 Å². The lowest BCUT2D eigenvalue weighted by Crippen LogP contribution is -2.53. The number of nitrogens with one attached hydrogen (secondary N) is 1. The normalized spacial score (nSPS) is 26.0. The zero-order valence-electron chi connectivity index (χ0n) is 17.0. The summed E-state index contributed by atoms with van der Waals surface area (Å²) in [4.78, 5) is 19.0. The van der Waals surface area contributed by atoms with Crippen molar-refractivity contribution in [1.82, 2.24) is 9.80 Å². The third kappa shape index (κ3) is 4.27. The van der Waals surface area contributed by atoms with Crippen LogP contribution >= 0.6 is 11.3 Å². The van der Waals surface area contributed by atoms with Gasteiger partial charge in [-0.2, -0.15) is 5.26 Å². The van der Waals surface area contributed by atoms with Crippen molar-refractivity contribution in [2.75, 3.05) is 38.5 Å². The molecule has 0 radical (unpaired) electrons. The number of piperidine rings is 2. The van der Waals surface area contributed by atoms with E-state index in [2.05, 4.69) is 28.2 Å². The number of nitriles is 1. The number of nitrogens with zero attached hydrogens (tertiary/aromatic N) is 3. The molecule has 2 atom stereocenters. The van der Waals surface area contributed by atoms with E-state index < -0.39 is 0 Å². The summed E-state index contributed by atoms with van der Waals surface area (Å²) >= 11 is 1.63. The molecule has 152 valence electrons. The van der Waals surface area contributed by atoms with Crippen molar-refractivity contribution >= 4 is 22.2 Å². The Hall–Kier alpha value is -1.42. The molecule has 0 saturated carbocycles. The van der Waals surface area contributed by atoms with Crippen LogP contribution in [0.5, 0.6) is 0 Å². The molecular weight excluding hydrogens is 368 g/mol. The van der Waals surface area contributed by atoms with Crippen molar-refractivity contribution in [3.63, 3.8) is 0 Å². The Kier molecular flexibility index (Phi) is 6.35. The van der Waals surface area contributed by atoms with Gasteiger partial charge in [-0.3, -0.25) is 9.69 Å². The maximum absolute atomic E-state index is 12.7. The minimum atomic E-state index is 0.0583. The van der Waals surface area contributed by atoms with Gasteiger partial charge in [0, 0.05) is 30.4 Å². The average molecular weight is 401 g/mol. The quantitative estimate of drug-likeness (QED) is 0.784. The first-order chi connectivity index (χ1) is 13.7. The second-order valence-electron chi connectivity index (χ2n) is 8.74. The van der Waals surface area contributed by atoms with Crippen LogP contribution in [0, 0.1) is 17.2 Å². The van der Waals surface area contributed by atoms with E-state index >= 15 is 0 Å². The lowest BCUT2D eigenvalue weighted by Gasteiger charge is -2.46. The van der Waals surface area contributed by atoms with Gasteiger partial charge in [-0.05, 0) is 76.6 Å². The Morgan fingerprint density at radius 2 is 2.07 bits per heavy atom. The number of hydrogen-bond donors (Lipinski definition) is 1. The minimum Gasteiger partial charge on any atom is -0.317 e. The molecule has 6 heteroatoms. The summed E-state index contributed by atoms with van der Waals surface area (Å²) in [6, 6.07) is 3.01. The van der Waals surface area contributed by atoms with E-state index in [1.54, 1.807) is 11.3 Å². The monoisotopic (exact) mass is 400 g/mol. The largest absolute Gasteiger partial charge is 0.317 e. The van der Waals surface area contributed by atoms with E-state index in [0.717, 1.165) is 55.4 Å². The molecule has 0 aromatic carbocycles. The van der Waals surface area contributed by atoms with Crippen LogP contribution in [0.3, 0.4) is 0 Å². The molecule has 0 unspecified atom stereocenters. The highest BCUT2D eigenvalue weighted by Crippen LogP contribution is 2.37. The molecule has 2 fully saturated rings. The van der Waals surface area contributed by atoms with Gasteiger partial charge < -0.3 is 10.2 Å². The highest BCUT2D eigenvalue weighted by Gasteiger charge is 2.34. The Labute approximate surface area is 172 Å². The lowest BCUT2D eigenvalue weighted by molar-refractivity contribution is -0.116. The van der Waals surface area contributed by atoms with E-state index in [4.69, 9.17) is 0 Å². The van der Waals surface area contributed by atoms with Gasteiger partial charge in [-0.15, -0.1) is 11.3 Å². The smallest absolute Gasteiger partial charge is 0.226 e. The molecular formula is C22H32N4OS.